The molecule has 0 radical (unpaired) electrons. The van der Waals surface area contributed by atoms with Crippen LogP contribution in [0.5, 0.6) is 0 Å². The molecule has 1 aliphatic rings. The van der Waals surface area contributed by atoms with Gasteiger partial charge in [0, 0.05) is 38.9 Å². The molecule has 1 fully saturated rings. The van der Waals surface area contributed by atoms with Gasteiger partial charge < -0.3 is 14.6 Å². The van der Waals surface area contributed by atoms with Gasteiger partial charge >= 0.3 is 0 Å². The van der Waals surface area contributed by atoms with Crippen molar-refractivity contribution in [1.82, 2.24) is 19.8 Å². The fraction of sp³-hybridized carbons (Fsp3) is 0.714. The van der Waals surface area contributed by atoms with E-state index in [1.807, 2.05) is 20.9 Å². The van der Waals surface area contributed by atoms with Crippen molar-refractivity contribution in [2.75, 3.05) is 46.4 Å². The van der Waals surface area contributed by atoms with Crippen LogP contribution in [-0.2, 0) is 4.74 Å². The number of nitrogens with zero attached hydrogens (tertiary/aromatic N) is 3. The highest BCUT2D eigenvalue weighted by Crippen LogP contribution is 2.08. The van der Waals surface area contributed by atoms with E-state index < -0.39 is 0 Å². The summed E-state index contributed by atoms with van der Waals surface area (Å²) >= 11 is 0. The molecule has 0 aromatic carbocycles. The number of nitrogens with one attached hydrogen (secondary N) is 1. The Labute approximate surface area is 120 Å². The van der Waals surface area contributed by atoms with Crippen LogP contribution >= 0.6 is 0 Å². The first-order valence-electron chi connectivity index (χ1n) is 7.16. The van der Waals surface area contributed by atoms with Crippen molar-refractivity contribution in [2.45, 2.75) is 20.3 Å². The van der Waals surface area contributed by atoms with Crippen molar-refractivity contribution >= 4 is 5.91 Å². The van der Waals surface area contributed by atoms with Crippen LogP contribution in [0, 0.1) is 13.8 Å². The fourth-order valence-corrected chi connectivity index (χ4v) is 2.46. The van der Waals surface area contributed by atoms with E-state index in [4.69, 9.17) is 4.74 Å². The molecule has 6 nitrogen and oxygen atoms in total. The number of hydrogen-bond acceptors (Lipinski definition) is 4. The minimum atomic E-state index is -0.00572. The Hall–Kier alpha value is -1.40. The zero-order valence-corrected chi connectivity index (χ0v) is 12.6. The Bertz CT molecular complexity index is 452. The van der Waals surface area contributed by atoms with E-state index in [1.54, 1.807) is 4.90 Å². The first kappa shape index (κ1) is 15.0. The number of aryl methyl sites for hydroxylation is 2. The maximum absolute atomic E-state index is 12.3. The number of ether oxygens (including phenoxy) is 1. The number of aromatic nitrogens is 2. The number of morpholine rings is 1. The number of aromatic amines is 1. The maximum atomic E-state index is 12.3. The minimum Gasteiger partial charge on any atom is -0.379 e. The van der Waals surface area contributed by atoms with Crippen molar-refractivity contribution in [3.8, 4) is 0 Å². The predicted octanol–water partition coefficient (Wildman–Crippen LogP) is 0.821. The third-order valence-corrected chi connectivity index (χ3v) is 3.62. The molecule has 0 unspecified atom stereocenters. The van der Waals surface area contributed by atoms with Gasteiger partial charge in [-0.1, -0.05) is 0 Å². The van der Waals surface area contributed by atoms with E-state index in [0.717, 1.165) is 57.3 Å². The van der Waals surface area contributed by atoms with E-state index in [0.29, 0.717) is 5.69 Å². The molecule has 2 rings (SSSR count). The molecule has 0 saturated carbocycles. The van der Waals surface area contributed by atoms with Crippen molar-refractivity contribution in [3.63, 3.8) is 0 Å². The van der Waals surface area contributed by atoms with Gasteiger partial charge in [0.15, 0.2) is 0 Å². The molecular weight excluding hydrogens is 256 g/mol. The number of imidazole rings is 1. The Morgan fingerprint density at radius 2 is 2.10 bits per heavy atom. The van der Waals surface area contributed by atoms with Crippen LogP contribution in [0.1, 0.15) is 28.4 Å². The molecule has 0 atom stereocenters. The SMILES string of the molecule is Cc1nc(C(=O)N(C)CCCN2CCOCC2)c(C)[nH]1. The largest absolute Gasteiger partial charge is 0.379 e. The first-order valence-corrected chi connectivity index (χ1v) is 7.16. The summed E-state index contributed by atoms with van der Waals surface area (Å²) in [6.45, 7) is 9.14. The van der Waals surface area contributed by atoms with Crippen LogP contribution in [0.2, 0.25) is 0 Å². The summed E-state index contributed by atoms with van der Waals surface area (Å²) in [6, 6.07) is 0. The maximum Gasteiger partial charge on any atom is 0.274 e. The molecule has 0 bridgehead atoms. The molecule has 1 aliphatic heterocycles. The third kappa shape index (κ3) is 3.80. The third-order valence-electron chi connectivity index (χ3n) is 3.62. The van der Waals surface area contributed by atoms with Crippen molar-refractivity contribution in [3.05, 3.63) is 17.2 Å². The molecule has 1 aromatic rings. The van der Waals surface area contributed by atoms with Crippen LogP contribution in [0.25, 0.3) is 0 Å². The lowest BCUT2D eigenvalue weighted by Gasteiger charge is -2.27. The summed E-state index contributed by atoms with van der Waals surface area (Å²) in [6.07, 6.45) is 0.977. The highest BCUT2D eigenvalue weighted by molar-refractivity contribution is 5.93. The van der Waals surface area contributed by atoms with E-state index in [-0.39, 0.29) is 5.91 Å². The molecule has 0 spiro atoms. The molecule has 2 heterocycles. The Balaban J connectivity index is 1.77. The summed E-state index contributed by atoms with van der Waals surface area (Å²) in [4.78, 5) is 23.7. The zero-order valence-electron chi connectivity index (χ0n) is 12.6. The lowest BCUT2D eigenvalue weighted by Crippen LogP contribution is -2.38. The number of rotatable bonds is 5. The standard InChI is InChI=1S/C14H24N4O2/c1-11-13(16-12(2)15-11)14(19)17(3)5-4-6-18-7-9-20-10-8-18/h4-10H2,1-3H3,(H,15,16). The second-order valence-electron chi connectivity index (χ2n) is 5.33. The molecule has 1 amide bonds. The van der Waals surface area contributed by atoms with Crippen LogP contribution in [-0.4, -0.2) is 72.1 Å². The highest BCUT2D eigenvalue weighted by atomic mass is 16.5. The smallest absolute Gasteiger partial charge is 0.274 e. The fourth-order valence-electron chi connectivity index (χ4n) is 2.46. The normalized spacial score (nSPS) is 16.4. The van der Waals surface area contributed by atoms with E-state index >= 15 is 0 Å². The second-order valence-corrected chi connectivity index (χ2v) is 5.33. The summed E-state index contributed by atoms with van der Waals surface area (Å²) < 4.78 is 5.32. The summed E-state index contributed by atoms with van der Waals surface area (Å²) in [5.41, 5.74) is 1.38. The first-order chi connectivity index (χ1) is 9.58. The molecule has 20 heavy (non-hydrogen) atoms. The zero-order chi connectivity index (χ0) is 14.5. The van der Waals surface area contributed by atoms with E-state index in [9.17, 15) is 4.79 Å². The molecule has 112 valence electrons. The average Bonchev–Trinajstić information content (AvgIpc) is 2.78. The van der Waals surface area contributed by atoms with Crippen LogP contribution in [0.4, 0.5) is 0 Å². The van der Waals surface area contributed by atoms with Gasteiger partial charge in [-0.25, -0.2) is 4.98 Å². The number of amides is 1. The molecular formula is C14H24N4O2. The quantitative estimate of drug-likeness (QED) is 0.867. The van der Waals surface area contributed by atoms with Gasteiger partial charge in [-0.15, -0.1) is 0 Å². The van der Waals surface area contributed by atoms with Gasteiger partial charge in [0.2, 0.25) is 0 Å². The lowest BCUT2D eigenvalue weighted by molar-refractivity contribution is 0.0361. The molecule has 1 saturated heterocycles. The Morgan fingerprint density at radius 3 is 2.70 bits per heavy atom. The van der Waals surface area contributed by atoms with E-state index in [2.05, 4.69) is 14.9 Å². The lowest BCUT2D eigenvalue weighted by atomic mass is 10.3. The van der Waals surface area contributed by atoms with Gasteiger partial charge in [0.05, 0.1) is 13.2 Å². The highest BCUT2D eigenvalue weighted by Gasteiger charge is 2.18. The summed E-state index contributed by atoms with van der Waals surface area (Å²) in [5.74, 6) is 0.779. The summed E-state index contributed by atoms with van der Waals surface area (Å²) in [5, 5.41) is 0. The van der Waals surface area contributed by atoms with Gasteiger partial charge in [0.1, 0.15) is 11.5 Å². The number of hydrogen-bond donors (Lipinski definition) is 1. The van der Waals surface area contributed by atoms with Crippen LogP contribution in [0.3, 0.4) is 0 Å². The van der Waals surface area contributed by atoms with Gasteiger partial charge in [-0.3, -0.25) is 9.69 Å². The number of carbonyl (C=O) groups is 1. The molecule has 1 aromatic heterocycles. The van der Waals surface area contributed by atoms with Gasteiger partial charge in [-0.05, 0) is 20.3 Å². The molecule has 1 N–H and O–H groups in total. The monoisotopic (exact) mass is 280 g/mol. The average molecular weight is 280 g/mol. The van der Waals surface area contributed by atoms with Crippen LogP contribution < -0.4 is 0 Å². The molecule has 0 aliphatic carbocycles. The Kier molecular flexibility index (Phi) is 5.14. The van der Waals surface area contributed by atoms with Crippen molar-refractivity contribution in [2.24, 2.45) is 0 Å². The van der Waals surface area contributed by atoms with Crippen LogP contribution in [0.15, 0.2) is 0 Å². The second kappa shape index (κ2) is 6.85. The predicted molar refractivity (Wildman–Crippen MR) is 76.9 cm³/mol. The summed E-state index contributed by atoms with van der Waals surface area (Å²) in [7, 11) is 1.84. The Morgan fingerprint density at radius 1 is 1.40 bits per heavy atom. The topological polar surface area (TPSA) is 61.5 Å². The van der Waals surface area contributed by atoms with E-state index in [1.165, 1.54) is 0 Å². The number of H-pyrrole nitrogens is 1. The minimum absolute atomic E-state index is 0.00572. The molecule has 6 heteroatoms. The van der Waals surface area contributed by atoms with Gasteiger partial charge in [0.25, 0.3) is 5.91 Å². The van der Waals surface area contributed by atoms with Gasteiger partial charge in [-0.2, -0.15) is 0 Å². The van der Waals surface area contributed by atoms with Crippen molar-refractivity contribution < 1.29 is 9.53 Å². The number of carbonyl (C=O) groups excluding carboxylic acids is 1. The van der Waals surface area contributed by atoms with Crippen molar-refractivity contribution in [1.29, 1.82) is 0 Å².